The van der Waals surface area contributed by atoms with Crippen molar-refractivity contribution in [2.45, 2.75) is 64.3 Å². The van der Waals surface area contributed by atoms with Crippen LogP contribution in [0.4, 0.5) is 4.79 Å². The van der Waals surface area contributed by atoms with Crippen LogP contribution in [0.2, 0.25) is 0 Å². The van der Waals surface area contributed by atoms with Crippen LogP contribution in [0.1, 0.15) is 50.4 Å². The highest BCUT2D eigenvalue weighted by molar-refractivity contribution is 5.98. The Morgan fingerprint density at radius 1 is 1.12 bits per heavy atom. The molecule has 10 heteroatoms. The van der Waals surface area contributed by atoms with Gasteiger partial charge in [0.1, 0.15) is 5.65 Å². The lowest BCUT2D eigenvalue weighted by molar-refractivity contribution is -0.0303. The van der Waals surface area contributed by atoms with Crippen LogP contribution >= 0.6 is 0 Å². The number of benzene rings is 1. The van der Waals surface area contributed by atoms with Gasteiger partial charge in [-0.05, 0) is 82.3 Å². The summed E-state index contributed by atoms with van der Waals surface area (Å²) in [5, 5.41) is 21.6. The van der Waals surface area contributed by atoms with E-state index in [1.807, 2.05) is 31.4 Å². The highest BCUT2D eigenvalue weighted by Gasteiger charge is 2.41. The van der Waals surface area contributed by atoms with Gasteiger partial charge < -0.3 is 24.2 Å². The third-order valence-corrected chi connectivity index (χ3v) is 8.24. The van der Waals surface area contributed by atoms with Gasteiger partial charge in [0.15, 0.2) is 5.82 Å². The van der Waals surface area contributed by atoms with Crippen LogP contribution in [0, 0.1) is 5.92 Å². The number of aliphatic hydroxyl groups excluding tert-OH is 1. The van der Waals surface area contributed by atoms with Crippen LogP contribution in [0.5, 0.6) is 0 Å². The van der Waals surface area contributed by atoms with E-state index < -0.39 is 23.8 Å². The van der Waals surface area contributed by atoms with E-state index in [0.717, 1.165) is 40.1 Å². The average molecular weight is 545 g/mol. The molecule has 1 aliphatic carbocycles. The lowest BCUT2D eigenvalue weighted by atomic mass is 9.95. The summed E-state index contributed by atoms with van der Waals surface area (Å²) in [5.74, 6) is 1.29. The van der Waals surface area contributed by atoms with Gasteiger partial charge in [-0.15, -0.1) is 0 Å². The Morgan fingerprint density at radius 2 is 1.90 bits per heavy atom. The summed E-state index contributed by atoms with van der Waals surface area (Å²) in [6.07, 6.45) is 2.65. The van der Waals surface area contributed by atoms with Crippen LogP contribution in [-0.4, -0.2) is 81.9 Å². The number of aromatic nitrogens is 4. The van der Waals surface area contributed by atoms with E-state index in [9.17, 15) is 19.8 Å². The minimum atomic E-state index is -1.11. The molecule has 1 aliphatic heterocycles. The molecule has 2 fully saturated rings. The molecule has 1 saturated heterocycles. The van der Waals surface area contributed by atoms with E-state index in [-0.39, 0.29) is 12.5 Å². The van der Waals surface area contributed by atoms with Crippen molar-refractivity contribution in [1.82, 2.24) is 28.9 Å². The molecular formula is C30H36N6O4. The quantitative estimate of drug-likeness (QED) is 0.386. The Bertz CT molecular complexity index is 1610. The molecule has 6 rings (SSSR count). The van der Waals surface area contributed by atoms with E-state index in [1.54, 1.807) is 31.7 Å². The highest BCUT2D eigenvalue weighted by Crippen LogP contribution is 2.36. The van der Waals surface area contributed by atoms with E-state index in [4.69, 9.17) is 4.98 Å². The minimum Gasteiger partial charge on any atom is -0.465 e. The average Bonchev–Trinajstić information content (AvgIpc) is 3.57. The lowest BCUT2D eigenvalue weighted by Gasteiger charge is -2.46. The van der Waals surface area contributed by atoms with Crippen molar-refractivity contribution in [3.8, 4) is 11.5 Å². The number of hydrogen-bond acceptors (Lipinski definition) is 5. The largest absolute Gasteiger partial charge is 0.465 e. The number of carbonyl (C=O) groups excluding carboxylic acids is 1. The normalized spacial score (nSPS) is 19.9. The standard InChI is InChI=1S/C30H36N6O4/c1-30(2,3)36(29(39)40)24-17-34(13-11-25(24)37)28(38)20-9-10-22-21(14-20)32-27(33(22)4)23-15-19-6-5-12-31-26(19)35(23)16-18-7-8-18/h5-6,9-10,12,14-15,18,24-25,37H,7-8,11,13,16-17H2,1-4H3,(H,39,40)/t24-,25+/m0/s1. The van der Waals surface area contributed by atoms with Crippen LogP contribution in [0.15, 0.2) is 42.6 Å². The van der Waals surface area contributed by atoms with Gasteiger partial charge in [0.05, 0.1) is 28.9 Å². The fourth-order valence-corrected chi connectivity index (χ4v) is 6.04. The van der Waals surface area contributed by atoms with Crippen molar-refractivity contribution in [3.63, 3.8) is 0 Å². The summed E-state index contributed by atoms with van der Waals surface area (Å²) < 4.78 is 4.32. The number of pyridine rings is 1. The summed E-state index contributed by atoms with van der Waals surface area (Å²) in [7, 11) is 1.99. The second-order valence-corrected chi connectivity index (χ2v) is 12.2. The summed E-state index contributed by atoms with van der Waals surface area (Å²) in [4.78, 5) is 38.2. The van der Waals surface area contributed by atoms with E-state index >= 15 is 0 Å². The maximum atomic E-state index is 13.6. The van der Waals surface area contributed by atoms with E-state index in [1.165, 1.54) is 17.7 Å². The van der Waals surface area contributed by atoms with Crippen LogP contribution in [0.3, 0.4) is 0 Å². The zero-order valence-corrected chi connectivity index (χ0v) is 23.4. The van der Waals surface area contributed by atoms with Gasteiger partial charge in [-0.1, -0.05) is 0 Å². The van der Waals surface area contributed by atoms with Gasteiger partial charge in [-0.25, -0.2) is 14.8 Å². The first kappa shape index (κ1) is 26.3. The number of hydrogen-bond donors (Lipinski definition) is 2. The molecule has 1 aromatic carbocycles. The smallest absolute Gasteiger partial charge is 0.408 e. The van der Waals surface area contributed by atoms with Crippen molar-refractivity contribution in [1.29, 1.82) is 0 Å². The lowest BCUT2D eigenvalue weighted by Crippen LogP contribution is -2.62. The molecule has 2 amide bonds. The fourth-order valence-electron chi connectivity index (χ4n) is 6.04. The Morgan fingerprint density at radius 3 is 2.60 bits per heavy atom. The number of carboxylic acid groups (broad SMARTS) is 1. The van der Waals surface area contributed by atoms with Gasteiger partial charge in [0.2, 0.25) is 0 Å². The Hall–Kier alpha value is -3.92. The zero-order valence-electron chi connectivity index (χ0n) is 23.4. The number of aryl methyl sites for hydroxylation is 1. The van der Waals surface area contributed by atoms with Crippen molar-refractivity contribution < 1.29 is 19.8 Å². The number of nitrogens with zero attached hydrogens (tertiary/aromatic N) is 6. The van der Waals surface area contributed by atoms with Crippen molar-refractivity contribution >= 4 is 34.1 Å². The molecule has 40 heavy (non-hydrogen) atoms. The molecule has 1 saturated carbocycles. The summed E-state index contributed by atoms with van der Waals surface area (Å²) in [5.41, 5.74) is 3.37. The number of piperidine rings is 1. The minimum absolute atomic E-state index is 0.128. The number of imidazole rings is 1. The van der Waals surface area contributed by atoms with Crippen LogP contribution in [0.25, 0.3) is 33.6 Å². The molecule has 2 atom stereocenters. The molecule has 2 N–H and O–H groups in total. The number of amides is 2. The Labute approximate surface area is 232 Å². The first-order valence-electron chi connectivity index (χ1n) is 13.9. The van der Waals surface area contributed by atoms with Gasteiger partial charge in [-0.3, -0.25) is 9.69 Å². The number of carbonyl (C=O) groups is 2. The monoisotopic (exact) mass is 544 g/mol. The highest BCUT2D eigenvalue weighted by atomic mass is 16.4. The van der Waals surface area contributed by atoms with E-state index in [0.29, 0.717) is 24.4 Å². The maximum absolute atomic E-state index is 13.6. The fraction of sp³-hybridized carbons (Fsp3) is 0.467. The second kappa shape index (κ2) is 9.62. The summed E-state index contributed by atoms with van der Waals surface area (Å²) >= 11 is 0. The molecule has 0 radical (unpaired) electrons. The van der Waals surface area contributed by atoms with Gasteiger partial charge >= 0.3 is 6.09 Å². The predicted octanol–water partition coefficient (Wildman–Crippen LogP) is 4.35. The predicted molar refractivity (Wildman–Crippen MR) is 152 cm³/mol. The van der Waals surface area contributed by atoms with Crippen molar-refractivity contribution in [2.24, 2.45) is 13.0 Å². The maximum Gasteiger partial charge on any atom is 0.408 e. The topological polar surface area (TPSA) is 117 Å². The molecule has 4 aromatic rings. The molecular weight excluding hydrogens is 508 g/mol. The SMILES string of the molecule is Cn1c(-c2cc3cccnc3n2CC2CC2)nc2cc(C(=O)N3CC[C@@H](O)[C@@H](N(C(=O)O)C(C)(C)C)C3)ccc21. The van der Waals surface area contributed by atoms with Crippen LogP contribution in [-0.2, 0) is 13.6 Å². The summed E-state index contributed by atoms with van der Waals surface area (Å²) in [6, 6.07) is 11.0. The number of likely N-dealkylation sites (tertiary alicyclic amines) is 1. The molecule has 0 bridgehead atoms. The Kier molecular flexibility index (Phi) is 6.33. The number of aliphatic hydroxyl groups is 1. The molecule has 0 spiro atoms. The first-order valence-corrected chi connectivity index (χ1v) is 13.9. The van der Waals surface area contributed by atoms with Crippen molar-refractivity contribution in [2.75, 3.05) is 13.1 Å². The number of rotatable bonds is 5. The molecule has 210 valence electrons. The number of fused-ring (bicyclic) bond motifs is 2. The third kappa shape index (κ3) is 4.60. The molecule has 4 heterocycles. The van der Waals surface area contributed by atoms with Crippen molar-refractivity contribution in [3.05, 3.63) is 48.2 Å². The molecule has 0 unspecified atom stereocenters. The van der Waals surface area contributed by atoms with Gasteiger partial charge in [0.25, 0.3) is 5.91 Å². The molecule has 3 aromatic heterocycles. The van der Waals surface area contributed by atoms with Crippen LogP contribution < -0.4 is 0 Å². The zero-order chi connectivity index (χ0) is 28.3. The third-order valence-electron chi connectivity index (χ3n) is 8.24. The van der Waals surface area contributed by atoms with Gasteiger partial charge in [-0.2, -0.15) is 0 Å². The first-order chi connectivity index (χ1) is 19.0. The Balaban J connectivity index is 1.32. The summed E-state index contributed by atoms with van der Waals surface area (Å²) in [6.45, 7) is 6.77. The molecule has 2 aliphatic rings. The molecule has 10 nitrogen and oxygen atoms in total. The second-order valence-electron chi connectivity index (χ2n) is 12.2. The van der Waals surface area contributed by atoms with Gasteiger partial charge in [0, 0.05) is 49.4 Å². The van der Waals surface area contributed by atoms with E-state index in [2.05, 4.69) is 26.3 Å².